The second-order valence-electron chi connectivity index (χ2n) is 4.99. The number of hydrogen-bond acceptors (Lipinski definition) is 6. The van der Waals surface area contributed by atoms with Crippen molar-refractivity contribution < 1.29 is 9.59 Å². The van der Waals surface area contributed by atoms with Gasteiger partial charge < -0.3 is 9.80 Å². The van der Waals surface area contributed by atoms with E-state index in [-0.39, 0.29) is 11.8 Å². The van der Waals surface area contributed by atoms with Crippen LogP contribution in [0, 0.1) is 0 Å². The number of thioether (sulfide) groups is 1. The van der Waals surface area contributed by atoms with Gasteiger partial charge in [-0.25, -0.2) is 9.97 Å². The average Bonchev–Trinajstić information content (AvgIpc) is 3.01. The summed E-state index contributed by atoms with van der Waals surface area (Å²) in [5, 5.41) is 2.84. The lowest BCUT2D eigenvalue weighted by Crippen LogP contribution is -2.50. The molecule has 0 radical (unpaired) electrons. The van der Waals surface area contributed by atoms with Crippen molar-refractivity contribution in [1.29, 1.82) is 0 Å². The van der Waals surface area contributed by atoms with Crippen LogP contribution in [-0.4, -0.2) is 63.5 Å². The van der Waals surface area contributed by atoms with Gasteiger partial charge in [-0.15, -0.1) is 11.3 Å². The largest absolute Gasteiger partial charge is 0.339 e. The number of nitrogens with zero attached hydrogens (tertiary/aromatic N) is 4. The van der Waals surface area contributed by atoms with Crippen LogP contribution >= 0.6 is 23.1 Å². The van der Waals surface area contributed by atoms with Gasteiger partial charge in [-0.3, -0.25) is 9.59 Å². The fourth-order valence-electron chi connectivity index (χ4n) is 2.36. The summed E-state index contributed by atoms with van der Waals surface area (Å²) < 4.78 is 1.03. The predicted octanol–water partition coefficient (Wildman–Crippen LogP) is 1.47. The second-order valence-corrected chi connectivity index (χ2v) is 6.87. The Kier molecular flexibility index (Phi) is 4.58. The van der Waals surface area contributed by atoms with E-state index in [0.717, 1.165) is 15.2 Å². The second kappa shape index (κ2) is 6.62. The molecule has 22 heavy (non-hydrogen) atoms. The maximum Gasteiger partial charge on any atom is 0.233 e. The average molecular weight is 336 g/mol. The van der Waals surface area contributed by atoms with Crippen molar-refractivity contribution in [3.8, 4) is 0 Å². The molecular formula is C14H16N4O2S2. The summed E-state index contributed by atoms with van der Waals surface area (Å²) >= 11 is 3.04. The summed E-state index contributed by atoms with van der Waals surface area (Å²) in [7, 11) is 0. The van der Waals surface area contributed by atoms with Crippen molar-refractivity contribution >= 4 is 45.1 Å². The van der Waals surface area contributed by atoms with Gasteiger partial charge in [-0.2, -0.15) is 0 Å². The van der Waals surface area contributed by atoms with Crippen LogP contribution in [0.3, 0.4) is 0 Å². The molecule has 0 spiro atoms. The molecular weight excluding hydrogens is 320 g/mol. The molecule has 3 heterocycles. The Morgan fingerprint density at radius 2 is 1.95 bits per heavy atom. The Morgan fingerprint density at radius 3 is 2.68 bits per heavy atom. The van der Waals surface area contributed by atoms with Crippen molar-refractivity contribution in [3.05, 3.63) is 17.8 Å². The molecule has 1 aliphatic heterocycles. The molecule has 116 valence electrons. The van der Waals surface area contributed by atoms with Gasteiger partial charge in [0.15, 0.2) is 0 Å². The van der Waals surface area contributed by atoms with Crippen molar-refractivity contribution in [2.45, 2.75) is 11.9 Å². The number of amides is 2. The molecule has 1 saturated heterocycles. The maximum absolute atomic E-state index is 12.3. The standard InChI is InChI=1S/C14H16N4O2S2/c1-10(19)17-3-5-18(6-4-17)12(20)8-22-14-13-11(2-7-21-13)15-9-16-14/h2,7,9H,3-6,8H2,1H3. The van der Waals surface area contributed by atoms with Crippen LogP contribution < -0.4 is 0 Å². The normalized spacial score (nSPS) is 15.3. The molecule has 0 N–H and O–H groups in total. The third kappa shape index (κ3) is 3.22. The van der Waals surface area contributed by atoms with Crippen molar-refractivity contribution in [2.75, 3.05) is 31.9 Å². The molecule has 0 unspecified atom stereocenters. The van der Waals surface area contributed by atoms with Crippen molar-refractivity contribution in [3.63, 3.8) is 0 Å². The molecule has 8 heteroatoms. The Morgan fingerprint density at radius 1 is 1.23 bits per heavy atom. The highest BCUT2D eigenvalue weighted by Crippen LogP contribution is 2.28. The topological polar surface area (TPSA) is 66.4 Å². The number of piperazine rings is 1. The first-order valence-corrected chi connectivity index (χ1v) is 8.86. The van der Waals surface area contributed by atoms with E-state index in [1.54, 1.807) is 23.2 Å². The van der Waals surface area contributed by atoms with Crippen LogP contribution in [0.5, 0.6) is 0 Å². The van der Waals surface area contributed by atoms with E-state index in [9.17, 15) is 9.59 Å². The summed E-state index contributed by atoms with van der Waals surface area (Å²) in [6, 6.07) is 1.95. The van der Waals surface area contributed by atoms with Crippen LogP contribution in [-0.2, 0) is 9.59 Å². The fourth-order valence-corrected chi connectivity index (χ4v) is 4.21. The number of rotatable bonds is 3. The van der Waals surface area contributed by atoms with Gasteiger partial charge in [0.05, 0.1) is 16.0 Å². The van der Waals surface area contributed by atoms with Crippen LogP contribution in [0.4, 0.5) is 0 Å². The zero-order valence-corrected chi connectivity index (χ0v) is 13.8. The molecule has 0 saturated carbocycles. The van der Waals surface area contributed by atoms with Crippen LogP contribution in [0.2, 0.25) is 0 Å². The van der Waals surface area contributed by atoms with Gasteiger partial charge in [-0.1, -0.05) is 11.8 Å². The highest BCUT2D eigenvalue weighted by atomic mass is 32.2. The lowest BCUT2D eigenvalue weighted by atomic mass is 10.3. The predicted molar refractivity (Wildman–Crippen MR) is 87.0 cm³/mol. The highest BCUT2D eigenvalue weighted by Gasteiger charge is 2.22. The number of thiophene rings is 1. The van der Waals surface area contributed by atoms with Gasteiger partial charge in [0.1, 0.15) is 11.4 Å². The lowest BCUT2D eigenvalue weighted by molar-refractivity contribution is -0.136. The molecule has 1 fully saturated rings. The highest BCUT2D eigenvalue weighted by molar-refractivity contribution is 8.00. The molecule has 0 aliphatic carbocycles. The quantitative estimate of drug-likeness (QED) is 0.627. The Balaban J connectivity index is 1.57. The van der Waals surface area contributed by atoms with Gasteiger partial charge in [0.2, 0.25) is 11.8 Å². The third-order valence-corrected chi connectivity index (χ3v) is 5.63. The maximum atomic E-state index is 12.3. The zero-order chi connectivity index (χ0) is 15.5. The number of hydrogen-bond donors (Lipinski definition) is 0. The van der Waals surface area contributed by atoms with Gasteiger partial charge in [-0.05, 0) is 11.4 Å². The Labute approximate surface area is 136 Å². The number of fused-ring (bicyclic) bond motifs is 1. The van der Waals surface area contributed by atoms with Crippen LogP contribution in [0.1, 0.15) is 6.92 Å². The Bertz CT molecular complexity index is 695. The molecule has 6 nitrogen and oxygen atoms in total. The SMILES string of the molecule is CC(=O)N1CCN(C(=O)CSc2ncnc3ccsc23)CC1. The molecule has 2 aromatic rings. The monoisotopic (exact) mass is 336 g/mol. The van der Waals surface area contributed by atoms with Crippen LogP contribution in [0.15, 0.2) is 22.8 Å². The number of carbonyl (C=O) groups excluding carboxylic acids is 2. The molecule has 0 atom stereocenters. The van der Waals surface area contributed by atoms with E-state index in [4.69, 9.17) is 0 Å². The number of carbonyl (C=O) groups is 2. The van der Waals surface area contributed by atoms with Gasteiger partial charge in [0, 0.05) is 33.1 Å². The molecule has 0 bridgehead atoms. The zero-order valence-electron chi connectivity index (χ0n) is 12.2. The summed E-state index contributed by atoms with van der Waals surface area (Å²) in [6.45, 7) is 4.02. The lowest BCUT2D eigenvalue weighted by Gasteiger charge is -2.34. The molecule has 0 aromatic carbocycles. The van der Waals surface area contributed by atoms with Crippen LogP contribution in [0.25, 0.3) is 10.2 Å². The fraction of sp³-hybridized carbons (Fsp3) is 0.429. The molecule has 2 amide bonds. The minimum absolute atomic E-state index is 0.0718. The minimum atomic E-state index is 0.0718. The molecule has 2 aromatic heterocycles. The van der Waals surface area contributed by atoms with E-state index in [1.165, 1.54) is 18.1 Å². The van der Waals surface area contributed by atoms with Crippen molar-refractivity contribution in [2.24, 2.45) is 0 Å². The van der Waals surface area contributed by atoms with Gasteiger partial charge >= 0.3 is 0 Å². The minimum Gasteiger partial charge on any atom is -0.339 e. The molecule has 1 aliphatic rings. The van der Waals surface area contributed by atoms with E-state index in [1.807, 2.05) is 16.3 Å². The first kappa shape index (κ1) is 15.2. The molecule has 3 rings (SSSR count). The number of aromatic nitrogens is 2. The summed E-state index contributed by atoms with van der Waals surface area (Å²) in [6.07, 6.45) is 1.54. The Hall–Kier alpha value is -1.67. The summed E-state index contributed by atoms with van der Waals surface area (Å²) in [4.78, 5) is 35.6. The summed E-state index contributed by atoms with van der Waals surface area (Å²) in [5.74, 6) is 0.531. The van der Waals surface area contributed by atoms with E-state index in [0.29, 0.717) is 31.9 Å². The van der Waals surface area contributed by atoms with E-state index >= 15 is 0 Å². The van der Waals surface area contributed by atoms with Gasteiger partial charge in [0.25, 0.3) is 0 Å². The van der Waals surface area contributed by atoms with E-state index < -0.39 is 0 Å². The first-order chi connectivity index (χ1) is 10.6. The first-order valence-electron chi connectivity index (χ1n) is 6.99. The third-order valence-electron chi connectivity index (χ3n) is 3.62. The smallest absolute Gasteiger partial charge is 0.233 e. The van der Waals surface area contributed by atoms with Crippen molar-refractivity contribution in [1.82, 2.24) is 19.8 Å². The summed E-state index contributed by atoms with van der Waals surface area (Å²) in [5.41, 5.74) is 0.921. The van der Waals surface area contributed by atoms with E-state index in [2.05, 4.69) is 9.97 Å².